The lowest BCUT2D eigenvalue weighted by Crippen LogP contribution is -2.50. The van der Waals surface area contributed by atoms with Crippen molar-refractivity contribution in [1.29, 1.82) is 0 Å². The first kappa shape index (κ1) is 34.9. The first-order valence-corrected chi connectivity index (χ1v) is 18.5. The fraction of sp³-hybridized carbons (Fsp3) is 1.00. The van der Waals surface area contributed by atoms with Crippen LogP contribution in [0.3, 0.4) is 0 Å². The summed E-state index contributed by atoms with van der Waals surface area (Å²) in [5, 5.41) is 0. The van der Waals surface area contributed by atoms with E-state index in [-0.39, 0.29) is 29.7 Å². The van der Waals surface area contributed by atoms with Crippen LogP contribution < -0.4 is 5.73 Å². The number of rotatable bonds is 9. The molecule has 0 saturated heterocycles. The summed E-state index contributed by atoms with van der Waals surface area (Å²) in [5.41, 5.74) is 5.62. The Kier molecular flexibility index (Phi) is 21.2. The van der Waals surface area contributed by atoms with Crippen LogP contribution in [0, 0.1) is 0 Å². The Labute approximate surface area is 153 Å². The normalized spacial score (nSPS) is 12.9. The Balaban J connectivity index is -0.000000270. The maximum absolute atomic E-state index is 6.34. The third-order valence-corrected chi connectivity index (χ3v) is 14.6. The molecule has 0 rings (SSSR count). The second-order valence-corrected chi connectivity index (χ2v) is 22.7. The van der Waals surface area contributed by atoms with Crippen LogP contribution in [-0.4, -0.2) is 41.0 Å². The quantitative estimate of drug-likeness (QED) is 0.515. The molecule has 0 bridgehead atoms. The van der Waals surface area contributed by atoms with E-state index in [1.165, 1.54) is 0 Å². The van der Waals surface area contributed by atoms with Crippen LogP contribution in [0.1, 0.15) is 36.1 Å². The molecule has 0 aromatic carbocycles. The van der Waals surface area contributed by atoms with Crippen LogP contribution in [-0.2, 0) is 12.3 Å². The fourth-order valence-electron chi connectivity index (χ4n) is 1.90. The molecule has 0 amide bonds. The van der Waals surface area contributed by atoms with E-state index in [1.807, 2.05) is 0 Å². The van der Waals surface area contributed by atoms with Crippen molar-refractivity contribution in [2.75, 3.05) is 6.54 Å². The highest BCUT2D eigenvalue weighted by atomic mass is 28.5. The molecule has 23 heavy (non-hydrogen) atoms. The van der Waals surface area contributed by atoms with Gasteiger partial charge in [-0.1, -0.05) is 29.7 Å². The summed E-state index contributed by atoms with van der Waals surface area (Å²) in [5.74, 6) is 0. The minimum absolute atomic E-state index is 0. The summed E-state index contributed by atoms with van der Waals surface area (Å²) in [6.07, 6.45) is 0.985. The van der Waals surface area contributed by atoms with Crippen molar-refractivity contribution in [3.63, 3.8) is 0 Å². The van der Waals surface area contributed by atoms with Gasteiger partial charge in [0.25, 0.3) is 0 Å². The van der Waals surface area contributed by atoms with E-state index in [1.54, 1.807) is 0 Å². The fourth-order valence-corrected chi connectivity index (χ4v) is 16.2. The molecule has 0 aliphatic heterocycles. The SMILES string of the molecule is C.C.C.C.C[Si](C)(C)O[SiH](CCCN)O[Si](C)(C)O[Si](C)(C)C. The Morgan fingerprint density at radius 3 is 1.48 bits per heavy atom. The summed E-state index contributed by atoms with van der Waals surface area (Å²) in [6.45, 7) is 18.3. The molecule has 0 aliphatic carbocycles. The molecule has 8 heteroatoms. The zero-order valence-electron chi connectivity index (χ0n) is 14.0. The Bertz CT molecular complexity index is 266. The second kappa shape index (κ2) is 13.9. The van der Waals surface area contributed by atoms with Crippen LogP contribution in [0.2, 0.25) is 58.4 Å². The molecule has 1 atom stereocenters. The predicted molar refractivity (Wildman–Crippen MR) is 120 cm³/mol. The Morgan fingerprint density at radius 2 is 1.17 bits per heavy atom. The first-order valence-electron chi connectivity index (χ1n) is 7.10. The van der Waals surface area contributed by atoms with Gasteiger partial charge in [-0.25, -0.2) is 0 Å². The summed E-state index contributed by atoms with van der Waals surface area (Å²) >= 11 is 0. The first-order chi connectivity index (χ1) is 8.35. The van der Waals surface area contributed by atoms with Crippen LogP contribution in [0.25, 0.3) is 0 Å². The molecule has 1 unspecified atom stereocenters. The van der Waals surface area contributed by atoms with Gasteiger partial charge in [0.1, 0.15) is 0 Å². The van der Waals surface area contributed by atoms with Gasteiger partial charge in [0, 0.05) is 0 Å². The Morgan fingerprint density at radius 1 is 0.739 bits per heavy atom. The van der Waals surface area contributed by atoms with E-state index >= 15 is 0 Å². The van der Waals surface area contributed by atoms with Crippen LogP contribution in [0.15, 0.2) is 0 Å². The van der Waals surface area contributed by atoms with E-state index in [2.05, 4.69) is 52.4 Å². The predicted octanol–water partition coefficient (Wildman–Crippen LogP) is 5.52. The minimum atomic E-state index is -2.07. The van der Waals surface area contributed by atoms with Gasteiger partial charge < -0.3 is 18.1 Å². The molecule has 0 saturated carbocycles. The highest BCUT2D eigenvalue weighted by molar-refractivity contribution is 6.85. The van der Waals surface area contributed by atoms with Gasteiger partial charge in [-0.3, -0.25) is 0 Å². The average molecular weight is 404 g/mol. The topological polar surface area (TPSA) is 53.7 Å². The van der Waals surface area contributed by atoms with Crippen molar-refractivity contribution < 1.29 is 12.3 Å². The molecular weight excluding hydrogens is 355 g/mol. The van der Waals surface area contributed by atoms with Gasteiger partial charge in [-0.15, -0.1) is 0 Å². The van der Waals surface area contributed by atoms with Gasteiger partial charge in [0.2, 0.25) is 0 Å². The highest BCUT2D eigenvalue weighted by Gasteiger charge is 2.36. The lowest BCUT2D eigenvalue weighted by molar-refractivity contribution is 0.345. The van der Waals surface area contributed by atoms with Crippen molar-refractivity contribution in [3.8, 4) is 0 Å². The van der Waals surface area contributed by atoms with Gasteiger partial charge >= 0.3 is 17.8 Å². The van der Waals surface area contributed by atoms with Gasteiger partial charge in [0.05, 0.1) is 0 Å². The van der Waals surface area contributed by atoms with E-state index in [9.17, 15) is 0 Å². The van der Waals surface area contributed by atoms with E-state index in [0.29, 0.717) is 6.54 Å². The molecule has 0 aromatic rings. The lowest BCUT2D eigenvalue weighted by atomic mass is 10.5. The maximum atomic E-state index is 6.34. The minimum Gasteiger partial charge on any atom is -0.439 e. The molecule has 0 aliphatic rings. The van der Waals surface area contributed by atoms with Crippen molar-refractivity contribution >= 4 is 34.5 Å². The monoisotopic (exact) mass is 403 g/mol. The lowest BCUT2D eigenvalue weighted by Gasteiger charge is -2.35. The summed E-state index contributed by atoms with van der Waals surface area (Å²) < 4.78 is 18.8. The average Bonchev–Trinajstić information content (AvgIpc) is 2.06. The van der Waals surface area contributed by atoms with Crippen molar-refractivity contribution in [3.05, 3.63) is 0 Å². The standard InChI is InChI=1S/C11H33NO3Si4.4CH4/c1-17(2,3)13-16(11-9-10-12)14-19(7,8)15-18(4,5)6;;;;/h16H,9-12H2,1-8H3;4*1H4. The zero-order chi connectivity index (χ0) is 15.3. The van der Waals surface area contributed by atoms with Crippen molar-refractivity contribution in [1.82, 2.24) is 0 Å². The van der Waals surface area contributed by atoms with Crippen molar-refractivity contribution in [2.45, 2.75) is 94.5 Å². The van der Waals surface area contributed by atoms with Crippen LogP contribution >= 0.6 is 0 Å². The maximum Gasteiger partial charge on any atom is 0.312 e. The number of nitrogens with two attached hydrogens (primary N) is 1. The molecule has 2 N–H and O–H groups in total. The molecule has 148 valence electrons. The number of hydrogen-bond acceptors (Lipinski definition) is 4. The molecule has 0 fully saturated rings. The molecule has 4 nitrogen and oxygen atoms in total. The van der Waals surface area contributed by atoms with Gasteiger partial charge in [-0.2, -0.15) is 0 Å². The third-order valence-electron chi connectivity index (χ3n) is 2.10. The smallest absolute Gasteiger partial charge is 0.312 e. The Hall–Kier alpha value is 0.708. The molecular formula is C15H49NO3Si4. The van der Waals surface area contributed by atoms with E-state index < -0.39 is 34.5 Å². The summed E-state index contributed by atoms with van der Waals surface area (Å²) in [7, 11) is -6.84. The summed E-state index contributed by atoms with van der Waals surface area (Å²) in [6, 6.07) is 0.992. The van der Waals surface area contributed by atoms with Crippen LogP contribution in [0.5, 0.6) is 0 Å². The molecule has 0 heterocycles. The third kappa shape index (κ3) is 22.7. The van der Waals surface area contributed by atoms with Gasteiger partial charge in [-0.05, 0) is 71.4 Å². The highest BCUT2D eigenvalue weighted by Crippen LogP contribution is 2.20. The molecule has 0 aromatic heterocycles. The van der Waals surface area contributed by atoms with Crippen molar-refractivity contribution in [2.24, 2.45) is 5.73 Å². The van der Waals surface area contributed by atoms with Gasteiger partial charge in [0.15, 0.2) is 16.6 Å². The molecule has 0 spiro atoms. The van der Waals surface area contributed by atoms with Crippen LogP contribution in [0.4, 0.5) is 0 Å². The zero-order valence-corrected chi connectivity index (χ0v) is 18.2. The second-order valence-electron chi connectivity index (χ2n) is 7.32. The number of hydrogen-bond donors (Lipinski definition) is 1. The van der Waals surface area contributed by atoms with E-state index in [0.717, 1.165) is 12.5 Å². The molecule has 0 radical (unpaired) electrons. The van der Waals surface area contributed by atoms with E-state index in [4.69, 9.17) is 18.1 Å². The summed E-state index contributed by atoms with van der Waals surface area (Å²) in [4.78, 5) is 0. The largest absolute Gasteiger partial charge is 0.439 e.